The fourth-order valence-corrected chi connectivity index (χ4v) is 2.20. The molecule has 0 aliphatic rings. The van der Waals surface area contributed by atoms with Crippen molar-refractivity contribution >= 4 is 0 Å². The molecule has 0 aliphatic heterocycles. The zero-order valence-electron chi connectivity index (χ0n) is 15.2. The van der Waals surface area contributed by atoms with Gasteiger partial charge in [-0.1, -0.05) is 41.5 Å². The summed E-state index contributed by atoms with van der Waals surface area (Å²) in [5.74, 6) is 1.16. The lowest BCUT2D eigenvalue weighted by Gasteiger charge is -2.27. The standard InChI is InChI=1S/C18H32N2O/c1-12(2)13(3)10-14-11-15(17(4,5)6)16(21)20(19-14)18(7,8)9/h11-13H,10H2,1-9H3. The van der Waals surface area contributed by atoms with Gasteiger partial charge >= 0.3 is 0 Å². The van der Waals surface area contributed by atoms with Crippen LogP contribution in [0, 0.1) is 11.8 Å². The monoisotopic (exact) mass is 292 g/mol. The molecule has 1 atom stereocenters. The van der Waals surface area contributed by atoms with Gasteiger partial charge in [0.1, 0.15) is 0 Å². The fraction of sp³-hybridized carbons (Fsp3) is 0.778. The van der Waals surface area contributed by atoms with Gasteiger partial charge in [-0.2, -0.15) is 5.10 Å². The predicted octanol–water partition coefficient (Wildman–Crippen LogP) is 4.13. The first-order valence-corrected chi connectivity index (χ1v) is 7.98. The maximum absolute atomic E-state index is 12.7. The second-order valence-corrected chi connectivity index (χ2v) is 8.61. The summed E-state index contributed by atoms with van der Waals surface area (Å²) < 4.78 is 1.66. The van der Waals surface area contributed by atoms with Crippen LogP contribution in [-0.2, 0) is 17.4 Å². The van der Waals surface area contributed by atoms with Crippen molar-refractivity contribution in [2.75, 3.05) is 0 Å². The molecule has 0 fully saturated rings. The third kappa shape index (κ3) is 4.42. The van der Waals surface area contributed by atoms with Crippen molar-refractivity contribution < 1.29 is 0 Å². The normalized spacial score (nSPS) is 14.6. The van der Waals surface area contributed by atoms with E-state index in [1.807, 2.05) is 26.8 Å². The average Bonchev–Trinajstić information content (AvgIpc) is 2.27. The van der Waals surface area contributed by atoms with E-state index in [4.69, 9.17) is 0 Å². The van der Waals surface area contributed by atoms with Crippen LogP contribution in [0.5, 0.6) is 0 Å². The van der Waals surface area contributed by atoms with Gasteiger partial charge in [0, 0.05) is 5.56 Å². The first-order chi connectivity index (χ1) is 9.34. The summed E-state index contributed by atoms with van der Waals surface area (Å²) in [6, 6.07) is 2.02. The predicted molar refractivity (Wildman–Crippen MR) is 89.9 cm³/mol. The van der Waals surface area contributed by atoms with Gasteiger partial charge in [0.15, 0.2) is 0 Å². The number of hydrogen-bond acceptors (Lipinski definition) is 2. The second-order valence-electron chi connectivity index (χ2n) is 8.61. The topological polar surface area (TPSA) is 34.9 Å². The number of rotatable bonds is 3. The summed E-state index contributed by atoms with van der Waals surface area (Å²) in [4.78, 5) is 12.7. The minimum absolute atomic E-state index is 0.0379. The third-order valence-corrected chi connectivity index (χ3v) is 4.07. The van der Waals surface area contributed by atoms with Crippen molar-refractivity contribution in [2.24, 2.45) is 11.8 Å². The lowest BCUT2D eigenvalue weighted by Crippen LogP contribution is -2.41. The molecule has 1 aromatic heterocycles. The second kappa shape index (κ2) is 5.94. The summed E-state index contributed by atoms with van der Waals surface area (Å²) in [7, 11) is 0. The Kier molecular flexibility index (Phi) is 5.07. The summed E-state index contributed by atoms with van der Waals surface area (Å²) >= 11 is 0. The first-order valence-electron chi connectivity index (χ1n) is 7.98. The Bertz CT molecular complexity index is 504. The highest BCUT2D eigenvalue weighted by Gasteiger charge is 2.25. The maximum Gasteiger partial charge on any atom is 0.270 e. The van der Waals surface area contributed by atoms with E-state index < -0.39 is 0 Å². The molecule has 0 spiro atoms. The van der Waals surface area contributed by atoms with E-state index in [1.165, 1.54) is 0 Å². The van der Waals surface area contributed by atoms with Crippen LogP contribution in [0.1, 0.15) is 73.6 Å². The van der Waals surface area contributed by atoms with Gasteiger partial charge in [-0.25, -0.2) is 4.68 Å². The Hall–Kier alpha value is -1.12. The molecule has 0 N–H and O–H groups in total. The van der Waals surface area contributed by atoms with Crippen LogP contribution in [0.15, 0.2) is 10.9 Å². The largest absolute Gasteiger partial charge is 0.270 e. The van der Waals surface area contributed by atoms with E-state index in [0.29, 0.717) is 11.8 Å². The molecule has 0 bridgehead atoms. The van der Waals surface area contributed by atoms with Gasteiger partial charge in [0.05, 0.1) is 11.2 Å². The van der Waals surface area contributed by atoms with Crippen molar-refractivity contribution in [2.45, 2.75) is 79.7 Å². The molecule has 1 aromatic rings. The quantitative estimate of drug-likeness (QED) is 0.839. The van der Waals surface area contributed by atoms with Crippen molar-refractivity contribution in [3.8, 4) is 0 Å². The van der Waals surface area contributed by atoms with E-state index >= 15 is 0 Å². The van der Waals surface area contributed by atoms with Crippen LogP contribution >= 0.6 is 0 Å². The Balaban J connectivity index is 3.45. The van der Waals surface area contributed by atoms with Crippen LogP contribution in [0.4, 0.5) is 0 Å². The molecule has 0 radical (unpaired) electrons. The van der Waals surface area contributed by atoms with Gasteiger partial charge in [-0.15, -0.1) is 0 Å². The molecule has 1 unspecified atom stereocenters. The average molecular weight is 292 g/mol. The van der Waals surface area contributed by atoms with Crippen LogP contribution in [-0.4, -0.2) is 9.78 Å². The molecule has 0 aliphatic carbocycles. The Morgan fingerprint density at radius 2 is 1.62 bits per heavy atom. The summed E-state index contributed by atoms with van der Waals surface area (Å²) in [5.41, 5.74) is 1.46. The molecular weight excluding hydrogens is 260 g/mol. The van der Waals surface area contributed by atoms with E-state index in [1.54, 1.807) is 4.68 Å². The highest BCUT2D eigenvalue weighted by Crippen LogP contribution is 2.23. The van der Waals surface area contributed by atoms with Gasteiger partial charge in [0.25, 0.3) is 5.56 Å². The molecule has 1 heterocycles. The smallest absolute Gasteiger partial charge is 0.267 e. The van der Waals surface area contributed by atoms with Crippen molar-refractivity contribution in [3.63, 3.8) is 0 Å². The molecule has 3 nitrogen and oxygen atoms in total. The van der Waals surface area contributed by atoms with E-state index in [-0.39, 0.29) is 16.5 Å². The molecule has 120 valence electrons. The van der Waals surface area contributed by atoms with Crippen LogP contribution < -0.4 is 5.56 Å². The molecule has 1 rings (SSSR count). The Labute approximate surface area is 129 Å². The molecule has 0 saturated heterocycles. The van der Waals surface area contributed by atoms with Crippen molar-refractivity contribution in [1.82, 2.24) is 9.78 Å². The first kappa shape index (κ1) is 17.9. The molecule has 0 saturated carbocycles. The van der Waals surface area contributed by atoms with Crippen LogP contribution in [0.25, 0.3) is 0 Å². The summed E-state index contributed by atoms with van der Waals surface area (Å²) in [5, 5.41) is 4.64. The molecule has 0 amide bonds. The van der Waals surface area contributed by atoms with Gasteiger partial charge in [-0.05, 0) is 50.5 Å². The number of hydrogen-bond donors (Lipinski definition) is 0. The van der Waals surface area contributed by atoms with Gasteiger partial charge in [-0.3, -0.25) is 4.79 Å². The lowest BCUT2D eigenvalue weighted by atomic mass is 9.86. The number of nitrogens with zero attached hydrogens (tertiary/aromatic N) is 2. The number of aromatic nitrogens is 2. The van der Waals surface area contributed by atoms with E-state index in [2.05, 4.69) is 46.6 Å². The zero-order chi connectivity index (χ0) is 16.6. The SMILES string of the molecule is CC(C)C(C)Cc1cc(C(C)(C)C)c(=O)n(C(C)(C)C)n1. The fourth-order valence-electron chi connectivity index (χ4n) is 2.20. The third-order valence-electron chi connectivity index (χ3n) is 4.07. The van der Waals surface area contributed by atoms with E-state index in [0.717, 1.165) is 17.7 Å². The maximum atomic E-state index is 12.7. The van der Waals surface area contributed by atoms with Gasteiger partial charge < -0.3 is 0 Å². The van der Waals surface area contributed by atoms with Crippen LogP contribution in [0.3, 0.4) is 0 Å². The highest BCUT2D eigenvalue weighted by atomic mass is 16.1. The Morgan fingerprint density at radius 3 is 2.00 bits per heavy atom. The highest BCUT2D eigenvalue weighted by molar-refractivity contribution is 5.22. The van der Waals surface area contributed by atoms with E-state index in [9.17, 15) is 4.79 Å². The molecule has 3 heteroatoms. The zero-order valence-corrected chi connectivity index (χ0v) is 15.2. The van der Waals surface area contributed by atoms with Crippen molar-refractivity contribution in [3.05, 3.63) is 27.7 Å². The summed E-state index contributed by atoms with van der Waals surface area (Å²) in [6.45, 7) is 19.1. The van der Waals surface area contributed by atoms with Crippen LogP contribution in [0.2, 0.25) is 0 Å². The molecule has 0 aromatic carbocycles. The van der Waals surface area contributed by atoms with Crippen molar-refractivity contribution in [1.29, 1.82) is 0 Å². The molecular formula is C18H32N2O. The minimum atomic E-state index is -0.297. The van der Waals surface area contributed by atoms with Gasteiger partial charge in [0.2, 0.25) is 0 Å². The summed E-state index contributed by atoms with van der Waals surface area (Å²) in [6.07, 6.45) is 0.914. The lowest BCUT2D eigenvalue weighted by molar-refractivity contribution is 0.322. The minimum Gasteiger partial charge on any atom is -0.267 e. The Morgan fingerprint density at radius 1 is 1.10 bits per heavy atom. The molecule has 21 heavy (non-hydrogen) atoms.